The van der Waals surface area contributed by atoms with Gasteiger partial charge in [0.15, 0.2) is 5.70 Å². The Morgan fingerprint density at radius 1 is 1.04 bits per heavy atom. The molecule has 0 N–H and O–H groups in total. The summed E-state index contributed by atoms with van der Waals surface area (Å²) in [6.45, 7) is 0. The van der Waals surface area contributed by atoms with E-state index in [9.17, 15) is 4.79 Å². The van der Waals surface area contributed by atoms with E-state index in [1.165, 1.54) is 0 Å². The van der Waals surface area contributed by atoms with Crippen LogP contribution in [0.25, 0.3) is 12.2 Å². The van der Waals surface area contributed by atoms with Crippen LogP contribution >= 0.6 is 23.2 Å². The summed E-state index contributed by atoms with van der Waals surface area (Å²) in [5.41, 5.74) is 1.49. The van der Waals surface area contributed by atoms with Crippen LogP contribution in [0.4, 0.5) is 0 Å². The number of carbonyl (C=O) groups excluding carboxylic acids is 1. The second-order valence-corrected chi connectivity index (χ2v) is 6.24. The molecular formula is C20H15Cl2NO4. The van der Waals surface area contributed by atoms with Gasteiger partial charge in [0.25, 0.3) is 0 Å². The maximum Gasteiger partial charge on any atom is 0.363 e. The lowest BCUT2D eigenvalue weighted by molar-refractivity contribution is -0.129. The van der Waals surface area contributed by atoms with Crippen LogP contribution < -0.4 is 9.47 Å². The highest BCUT2D eigenvalue weighted by Crippen LogP contribution is 2.29. The molecule has 5 nitrogen and oxygen atoms in total. The first-order valence-electron chi connectivity index (χ1n) is 7.88. The number of methoxy groups -OCH3 is 2. The van der Waals surface area contributed by atoms with E-state index in [2.05, 4.69) is 4.99 Å². The summed E-state index contributed by atoms with van der Waals surface area (Å²) in [6, 6.07) is 10.5. The third-order valence-corrected chi connectivity index (χ3v) is 4.59. The molecule has 27 heavy (non-hydrogen) atoms. The van der Waals surface area contributed by atoms with E-state index in [4.69, 9.17) is 37.4 Å². The van der Waals surface area contributed by atoms with Gasteiger partial charge in [-0.3, -0.25) is 0 Å². The van der Waals surface area contributed by atoms with Crippen LogP contribution in [-0.4, -0.2) is 26.1 Å². The van der Waals surface area contributed by atoms with E-state index in [-0.39, 0.29) is 11.6 Å². The molecule has 0 unspecified atom stereocenters. The number of aliphatic imine (C=N–C) groups is 1. The number of hydrogen-bond acceptors (Lipinski definition) is 5. The van der Waals surface area contributed by atoms with Crippen molar-refractivity contribution in [2.24, 2.45) is 4.99 Å². The van der Waals surface area contributed by atoms with Gasteiger partial charge in [0.1, 0.15) is 11.5 Å². The first-order valence-corrected chi connectivity index (χ1v) is 8.64. The Morgan fingerprint density at radius 2 is 1.85 bits per heavy atom. The Hall–Kier alpha value is -2.76. The molecule has 0 saturated carbocycles. The topological polar surface area (TPSA) is 57.1 Å². The van der Waals surface area contributed by atoms with E-state index >= 15 is 0 Å². The minimum Gasteiger partial charge on any atom is -0.497 e. The number of ether oxygens (including phenoxy) is 3. The first-order chi connectivity index (χ1) is 13.0. The molecule has 0 radical (unpaired) electrons. The molecule has 0 bridgehead atoms. The highest BCUT2D eigenvalue weighted by molar-refractivity contribution is 6.42. The number of halogens is 2. The molecular weight excluding hydrogens is 389 g/mol. The molecule has 2 aromatic rings. The van der Waals surface area contributed by atoms with Crippen LogP contribution in [-0.2, 0) is 9.53 Å². The Morgan fingerprint density at radius 3 is 2.59 bits per heavy atom. The molecule has 2 aromatic carbocycles. The summed E-state index contributed by atoms with van der Waals surface area (Å²) in [7, 11) is 3.10. The maximum absolute atomic E-state index is 12.1. The predicted octanol–water partition coefficient (Wildman–Crippen LogP) is 5.02. The number of hydrogen-bond donors (Lipinski definition) is 0. The van der Waals surface area contributed by atoms with Crippen LogP contribution in [0.15, 0.2) is 53.2 Å². The molecule has 0 atom stereocenters. The average molecular weight is 404 g/mol. The lowest BCUT2D eigenvalue weighted by Gasteiger charge is -2.07. The van der Waals surface area contributed by atoms with E-state index < -0.39 is 5.97 Å². The number of rotatable bonds is 5. The summed E-state index contributed by atoms with van der Waals surface area (Å²) in [5, 5.41) is 0.854. The lowest BCUT2D eigenvalue weighted by atomic mass is 10.1. The van der Waals surface area contributed by atoms with Crippen molar-refractivity contribution in [2.75, 3.05) is 14.2 Å². The molecule has 0 saturated heterocycles. The van der Waals surface area contributed by atoms with Gasteiger partial charge in [-0.25, -0.2) is 9.79 Å². The van der Waals surface area contributed by atoms with Crippen LogP contribution in [0.2, 0.25) is 10.0 Å². The molecule has 1 aliphatic heterocycles. The Bertz CT molecular complexity index is 980. The van der Waals surface area contributed by atoms with Gasteiger partial charge in [0.05, 0.1) is 24.3 Å². The minimum atomic E-state index is -0.559. The summed E-state index contributed by atoms with van der Waals surface area (Å²) >= 11 is 12.1. The molecule has 0 spiro atoms. The van der Waals surface area contributed by atoms with Crippen molar-refractivity contribution in [2.45, 2.75) is 0 Å². The van der Waals surface area contributed by atoms with Crippen LogP contribution in [0.3, 0.4) is 0 Å². The van der Waals surface area contributed by atoms with Crippen molar-refractivity contribution in [3.05, 3.63) is 69.3 Å². The van der Waals surface area contributed by atoms with Crippen molar-refractivity contribution in [1.29, 1.82) is 0 Å². The second kappa shape index (κ2) is 8.29. The molecule has 1 aliphatic rings. The van der Waals surface area contributed by atoms with Gasteiger partial charge in [-0.05, 0) is 42.0 Å². The zero-order chi connectivity index (χ0) is 19.4. The normalized spacial score (nSPS) is 15.2. The molecule has 0 aromatic heterocycles. The SMILES string of the molecule is COc1ccc(OC)c(/C=C2N=C(/C=C/c3cccc(Cl)c3Cl)OC\2=O)c1. The van der Waals surface area contributed by atoms with Gasteiger partial charge in [-0.15, -0.1) is 0 Å². The Labute approximate surface area is 166 Å². The fraction of sp³-hybridized carbons (Fsp3) is 0.100. The molecule has 0 fully saturated rings. The first kappa shape index (κ1) is 19.0. The fourth-order valence-electron chi connectivity index (χ4n) is 2.41. The van der Waals surface area contributed by atoms with E-state index in [0.717, 1.165) is 0 Å². The molecule has 0 aliphatic carbocycles. The van der Waals surface area contributed by atoms with Crippen LogP contribution in [0.1, 0.15) is 11.1 Å². The third kappa shape index (κ3) is 4.32. The summed E-state index contributed by atoms with van der Waals surface area (Å²) in [6.07, 6.45) is 4.81. The van der Waals surface area contributed by atoms with Gasteiger partial charge >= 0.3 is 5.97 Å². The highest BCUT2D eigenvalue weighted by atomic mass is 35.5. The molecule has 1 heterocycles. The molecule has 138 valence electrons. The van der Waals surface area contributed by atoms with Gasteiger partial charge in [-0.2, -0.15) is 0 Å². The smallest absolute Gasteiger partial charge is 0.363 e. The van der Waals surface area contributed by atoms with Crippen molar-refractivity contribution in [3.8, 4) is 11.5 Å². The lowest BCUT2D eigenvalue weighted by Crippen LogP contribution is -2.01. The van der Waals surface area contributed by atoms with Crippen molar-refractivity contribution < 1.29 is 19.0 Å². The highest BCUT2D eigenvalue weighted by Gasteiger charge is 2.22. The standard InChI is InChI=1S/C20H15Cl2NO4/c1-25-14-7-8-17(26-2)13(10-14)11-16-20(24)27-18(23-16)9-6-12-4-3-5-15(21)19(12)22/h3-11H,1-2H3/b9-6+,16-11-. The second-order valence-electron chi connectivity index (χ2n) is 5.45. The Balaban J connectivity index is 1.89. The summed E-state index contributed by atoms with van der Waals surface area (Å²) < 4.78 is 15.7. The van der Waals surface area contributed by atoms with Gasteiger partial charge in [0, 0.05) is 11.6 Å². The maximum atomic E-state index is 12.1. The van der Waals surface area contributed by atoms with E-state index in [0.29, 0.717) is 32.7 Å². The summed E-state index contributed by atoms with van der Waals surface area (Å²) in [5.74, 6) is 0.815. The molecule has 3 rings (SSSR count). The van der Waals surface area contributed by atoms with Crippen molar-refractivity contribution in [3.63, 3.8) is 0 Å². The number of cyclic esters (lactones) is 1. The van der Waals surface area contributed by atoms with Gasteiger partial charge in [-0.1, -0.05) is 35.3 Å². The monoisotopic (exact) mass is 403 g/mol. The van der Waals surface area contributed by atoms with Crippen LogP contribution in [0.5, 0.6) is 11.5 Å². The minimum absolute atomic E-state index is 0.151. The molecule has 0 amide bonds. The number of esters is 1. The fourth-order valence-corrected chi connectivity index (χ4v) is 2.78. The van der Waals surface area contributed by atoms with Gasteiger partial charge < -0.3 is 14.2 Å². The largest absolute Gasteiger partial charge is 0.497 e. The zero-order valence-electron chi connectivity index (χ0n) is 14.5. The Kier molecular flexibility index (Phi) is 5.84. The predicted molar refractivity (Wildman–Crippen MR) is 107 cm³/mol. The number of carbonyl (C=O) groups is 1. The van der Waals surface area contributed by atoms with E-state index in [1.807, 2.05) is 0 Å². The van der Waals surface area contributed by atoms with Crippen molar-refractivity contribution >= 4 is 47.2 Å². The number of nitrogens with zero attached hydrogens (tertiary/aromatic N) is 1. The summed E-state index contributed by atoms with van der Waals surface area (Å²) in [4.78, 5) is 16.3. The quantitative estimate of drug-likeness (QED) is 0.519. The average Bonchev–Trinajstić information content (AvgIpc) is 3.02. The van der Waals surface area contributed by atoms with Crippen LogP contribution in [0, 0.1) is 0 Å². The zero-order valence-corrected chi connectivity index (χ0v) is 16.0. The van der Waals surface area contributed by atoms with E-state index in [1.54, 1.807) is 68.8 Å². The number of benzene rings is 2. The van der Waals surface area contributed by atoms with Gasteiger partial charge in [0.2, 0.25) is 5.90 Å². The third-order valence-electron chi connectivity index (χ3n) is 3.75. The molecule has 7 heteroatoms. The van der Waals surface area contributed by atoms with Crippen molar-refractivity contribution in [1.82, 2.24) is 0 Å².